The highest BCUT2D eigenvalue weighted by Gasteiger charge is 2.28. The predicted molar refractivity (Wildman–Crippen MR) is 125 cm³/mol. The zero-order valence-corrected chi connectivity index (χ0v) is 18.9. The number of rotatable bonds is 5. The first-order valence-corrected chi connectivity index (χ1v) is 12.7. The molecular weight excluding hydrogens is 384 g/mol. The molecule has 0 spiro atoms. The van der Waals surface area contributed by atoms with Crippen LogP contribution < -0.4 is 0 Å². The first-order valence-electron chi connectivity index (χ1n) is 12.7. The van der Waals surface area contributed by atoms with E-state index in [1.54, 1.807) is 0 Å². The topological polar surface area (TPSA) is 34.5 Å². The van der Waals surface area contributed by atoms with Crippen LogP contribution in [0.4, 0.5) is 0 Å². The summed E-state index contributed by atoms with van der Waals surface area (Å²) in [7, 11) is 0. The molecule has 1 amide bonds. The molecule has 1 saturated heterocycles. The summed E-state index contributed by atoms with van der Waals surface area (Å²) >= 11 is 0. The van der Waals surface area contributed by atoms with E-state index < -0.39 is 0 Å². The van der Waals surface area contributed by atoms with Gasteiger partial charge >= 0.3 is 0 Å². The number of aryl methyl sites for hydroxylation is 1. The smallest absolute Gasteiger partial charge is 0.256 e. The van der Waals surface area contributed by atoms with Crippen LogP contribution in [0.25, 0.3) is 10.9 Å². The van der Waals surface area contributed by atoms with Gasteiger partial charge in [0, 0.05) is 36.7 Å². The van der Waals surface area contributed by atoms with Crippen molar-refractivity contribution in [1.29, 1.82) is 0 Å². The molecule has 1 aromatic carbocycles. The average molecular weight is 423 g/mol. The molecule has 1 aromatic heterocycles. The highest BCUT2D eigenvalue weighted by Crippen LogP contribution is 2.41. The zero-order valence-electron chi connectivity index (χ0n) is 18.9. The molecule has 2 aliphatic carbocycles. The van der Waals surface area contributed by atoms with Gasteiger partial charge in [-0.25, -0.2) is 0 Å². The van der Waals surface area contributed by atoms with Crippen molar-refractivity contribution >= 4 is 16.8 Å². The second kappa shape index (κ2) is 9.77. The average Bonchev–Trinajstić information content (AvgIpc) is 3.22. The van der Waals surface area contributed by atoms with Crippen LogP contribution in [-0.4, -0.2) is 41.7 Å². The van der Waals surface area contributed by atoms with Gasteiger partial charge in [0.05, 0.1) is 18.8 Å². The number of para-hydroxylation sites is 1. The second-order valence-corrected chi connectivity index (χ2v) is 10.1. The standard InChI is InChI=1S/C27H38N2O2/c30-27(28-16-18-31-19-17-28)25-20-29(26-9-5-4-8-24(25)26)15-14-21-10-12-23(13-11-21)22-6-2-1-3-7-22/h4-5,8-9,20-23H,1-3,6-7,10-19H2. The number of amides is 1. The molecule has 4 heteroatoms. The van der Waals surface area contributed by atoms with Crippen molar-refractivity contribution in [1.82, 2.24) is 9.47 Å². The Kier molecular flexibility index (Phi) is 6.64. The quantitative estimate of drug-likeness (QED) is 0.602. The minimum absolute atomic E-state index is 0.159. The fourth-order valence-corrected chi connectivity index (χ4v) is 6.41. The molecule has 1 aliphatic heterocycles. The zero-order chi connectivity index (χ0) is 21.0. The number of carbonyl (C=O) groups excluding carboxylic acids is 1. The fraction of sp³-hybridized carbons (Fsp3) is 0.667. The van der Waals surface area contributed by atoms with Gasteiger partial charge in [-0.15, -0.1) is 0 Å². The van der Waals surface area contributed by atoms with Crippen LogP contribution in [-0.2, 0) is 11.3 Å². The molecule has 0 radical (unpaired) electrons. The van der Waals surface area contributed by atoms with Gasteiger partial charge in [0.2, 0.25) is 0 Å². The maximum atomic E-state index is 13.2. The molecule has 3 fully saturated rings. The number of fused-ring (bicyclic) bond motifs is 1. The highest BCUT2D eigenvalue weighted by molar-refractivity contribution is 6.07. The third kappa shape index (κ3) is 4.69. The molecule has 5 rings (SSSR count). The van der Waals surface area contributed by atoms with Gasteiger partial charge in [0.25, 0.3) is 5.91 Å². The van der Waals surface area contributed by atoms with Crippen LogP contribution in [0.1, 0.15) is 74.6 Å². The van der Waals surface area contributed by atoms with E-state index in [0.717, 1.165) is 35.2 Å². The molecule has 4 nitrogen and oxygen atoms in total. The highest BCUT2D eigenvalue weighted by atomic mass is 16.5. The van der Waals surface area contributed by atoms with E-state index in [1.165, 1.54) is 69.7 Å². The largest absolute Gasteiger partial charge is 0.378 e. The lowest BCUT2D eigenvalue weighted by atomic mass is 9.70. The molecule has 2 heterocycles. The van der Waals surface area contributed by atoms with E-state index in [9.17, 15) is 4.79 Å². The number of morpholine rings is 1. The van der Waals surface area contributed by atoms with E-state index in [4.69, 9.17) is 4.74 Å². The minimum atomic E-state index is 0.159. The summed E-state index contributed by atoms with van der Waals surface area (Å²) in [5.74, 6) is 3.03. The molecule has 0 atom stereocenters. The van der Waals surface area contributed by atoms with Crippen molar-refractivity contribution in [2.75, 3.05) is 26.3 Å². The Morgan fingerprint density at radius 2 is 1.61 bits per heavy atom. The Bertz CT molecular complexity index is 868. The Morgan fingerprint density at radius 3 is 2.39 bits per heavy atom. The predicted octanol–water partition coefficient (Wildman–Crippen LogP) is 5.89. The first kappa shape index (κ1) is 21.1. The van der Waals surface area contributed by atoms with Crippen molar-refractivity contribution in [2.45, 2.75) is 70.8 Å². The van der Waals surface area contributed by atoms with Crippen molar-refractivity contribution in [3.8, 4) is 0 Å². The van der Waals surface area contributed by atoms with Gasteiger partial charge in [0.15, 0.2) is 0 Å². The molecule has 31 heavy (non-hydrogen) atoms. The van der Waals surface area contributed by atoms with Crippen molar-refractivity contribution in [2.24, 2.45) is 17.8 Å². The number of carbonyl (C=O) groups is 1. The number of hydrogen-bond donors (Lipinski definition) is 0. The van der Waals surface area contributed by atoms with Crippen LogP contribution in [0.15, 0.2) is 30.5 Å². The molecule has 168 valence electrons. The Morgan fingerprint density at radius 1 is 0.903 bits per heavy atom. The summed E-state index contributed by atoms with van der Waals surface area (Å²) in [4.78, 5) is 15.1. The molecule has 0 bridgehead atoms. The summed E-state index contributed by atoms with van der Waals surface area (Å²) in [5, 5.41) is 1.10. The van der Waals surface area contributed by atoms with Crippen LogP contribution in [0.5, 0.6) is 0 Å². The maximum Gasteiger partial charge on any atom is 0.256 e. The summed E-state index contributed by atoms with van der Waals surface area (Å²) in [6, 6.07) is 8.42. The lowest BCUT2D eigenvalue weighted by Crippen LogP contribution is -2.40. The van der Waals surface area contributed by atoms with Gasteiger partial charge in [-0.2, -0.15) is 0 Å². The number of nitrogens with zero attached hydrogens (tertiary/aromatic N) is 2. The van der Waals surface area contributed by atoms with Gasteiger partial charge < -0.3 is 14.2 Å². The third-order valence-corrected chi connectivity index (χ3v) is 8.30. The lowest BCUT2D eigenvalue weighted by molar-refractivity contribution is 0.0304. The second-order valence-electron chi connectivity index (χ2n) is 10.1. The van der Waals surface area contributed by atoms with Gasteiger partial charge in [-0.05, 0) is 43.1 Å². The van der Waals surface area contributed by atoms with Crippen LogP contribution in [0, 0.1) is 17.8 Å². The van der Waals surface area contributed by atoms with E-state index in [2.05, 4.69) is 35.0 Å². The lowest BCUT2D eigenvalue weighted by Gasteiger charge is -2.36. The Labute approximate surface area is 186 Å². The third-order valence-electron chi connectivity index (χ3n) is 8.30. The van der Waals surface area contributed by atoms with Crippen LogP contribution in [0.3, 0.4) is 0 Å². The van der Waals surface area contributed by atoms with E-state index in [0.29, 0.717) is 26.3 Å². The maximum absolute atomic E-state index is 13.2. The van der Waals surface area contributed by atoms with E-state index >= 15 is 0 Å². The van der Waals surface area contributed by atoms with Crippen molar-refractivity contribution in [3.05, 3.63) is 36.0 Å². The summed E-state index contributed by atoms with van der Waals surface area (Å²) in [6.07, 6.45) is 16.4. The van der Waals surface area contributed by atoms with Crippen molar-refractivity contribution < 1.29 is 9.53 Å². The van der Waals surface area contributed by atoms with Gasteiger partial charge in [0.1, 0.15) is 0 Å². The molecule has 2 aromatic rings. The Balaban J connectivity index is 1.22. The summed E-state index contributed by atoms with van der Waals surface area (Å²) in [6.45, 7) is 3.71. The number of hydrogen-bond acceptors (Lipinski definition) is 2. The van der Waals surface area contributed by atoms with Crippen molar-refractivity contribution in [3.63, 3.8) is 0 Å². The SMILES string of the molecule is O=C(c1cn(CCC2CCC(C3CCCCC3)CC2)c2ccccc12)N1CCOCC1. The van der Waals surface area contributed by atoms with Crippen LogP contribution >= 0.6 is 0 Å². The Hall–Kier alpha value is -1.81. The van der Waals surface area contributed by atoms with Gasteiger partial charge in [-0.3, -0.25) is 4.79 Å². The number of benzene rings is 1. The number of aromatic nitrogens is 1. The molecule has 3 aliphatic rings. The number of ether oxygens (including phenoxy) is 1. The van der Waals surface area contributed by atoms with E-state index in [-0.39, 0.29) is 5.91 Å². The fourth-order valence-electron chi connectivity index (χ4n) is 6.41. The normalized spacial score (nSPS) is 25.7. The van der Waals surface area contributed by atoms with E-state index in [1.807, 2.05) is 4.90 Å². The molecular formula is C27H38N2O2. The molecule has 0 N–H and O–H groups in total. The molecule has 2 saturated carbocycles. The summed E-state index contributed by atoms with van der Waals surface area (Å²) in [5.41, 5.74) is 2.06. The monoisotopic (exact) mass is 422 g/mol. The first-order chi connectivity index (χ1) is 15.3. The summed E-state index contributed by atoms with van der Waals surface area (Å²) < 4.78 is 7.77. The van der Waals surface area contributed by atoms with Crippen LogP contribution in [0.2, 0.25) is 0 Å². The molecule has 0 unspecified atom stereocenters. The minimum Gasteiger partial charge on any atom is -0.378 e. The van der Waals surface area contributed by atoms with Gasteiger partial charge in [-0.1, -0.05) is 63.1 Å².